The van der Waals surface area contributed by atoms with Crippen LogP contribution in [0.3, 0.4) is 0 Å². The quantitative estimate of drug-likeness (QED) is 0.706. The number of benzene rings is 1. The first-order valence-corrected chi connectivity index (χ1v) is 5.84. The fourth-order valence-corrected chi connectivity index (χ4v) is 2.51. The van der Waals surface area contributed by atoms with Gasteiger partial charge in [-0.05, 0) is 36.5 Å². The van der Waals surface area contributed by atoms with Crippen molar-refractivity contribution < 1.29 is 4.79 Å². The first-order chi connectivity index (χ1) is 7.85. The zero-order valence-electron chi connectivity index (χ0n) is 9.28. The molecule has 82 valence electrons. The van der Waals surface area contributed by atoms with Crippen molar-refractivity contribution in [3.63, 3.8) is 0 Å². The van der Waals surface area contributed by atoms with Crippen molar-refractivity contribution in [1.29, 1.82) is 5.26 Å². The molecule has 1 aliphatic rings. The maximum Gasteiger partial charge on any atom is 0.150 e. The lowest BCUT2D eigenvalue weighted by Crippen LogP contribution is -2.07. The van der Waals surface area contributed by atoms with E-state index in [1.54, 1.807) is 12.1 Å². The van der Waals surface area contributed by atoms with Crippen LogP contribution in [0.2, 0.25) is 0 Å². The third kappa shape index (κ3) is 2.14. The number of nitrogens with zero attached hydrogens (tertiary/aromatic N) is 1. The molecule has 0 amide bonds. The molecule has 0 heterocycles. The van der Waals surface area contributed by atoms with E-state index in [9.17, 15) is 4.79 Å². The minimum atomic E-state index is 0.475. The fourth-order valence-electron chi connectivity index (χ4n) is 2.51. The van der Waals surface area contributed by atoms with E-state index in [1.165, 1.54) is 19.3 Å². The van der Waals surface area contributed by atoms with Crippen LogP contribution in [0.25, 0.3) is 0 Å². The monoisotopic (exact) mass is 213 g/mol. The van der Waals surface area contributed by atoms with Crippen LogP contribution < -0.4 is 0 Å². The minimum Gasteiger partial charge on any atom is -0.298 e. The van der Waals surface area contributed by atoms with Gasteiger partial charge in [-0.1, -0.05) is 25.3 Å². The molecule has 1 aromatic carbocycles. The van der Waals surface area contributed by atoms with Crippen LogP contribution in [-0.4, -0.2) is 6.29 Å². The largest absolute Gasteiger partial charge is 0.298 e. The fraction of sp³-hybridized carbons (Fsp3) is 0.429. The SMILES string of the molecule is N#Cc1ccc(C=O)cc1C1CCCCC1. The molecule has 2 heteroatoms. The van der Waals surface area contributed by atoms with Gasteiger partial charge >= 0.3 is 0 Å². The van der Waals surface area contributed by atoms with E-state index in [-0.39, 0.29) is 0 Å². The highest BCUT2D eigenvalue weighted by Gasteiger charge is 2.18. The van der Waals surface area contributed by atoms with Gasteiger partial charge in [0, 0.05) is 5.56 Å². The normalized spacial score (nSPS) is 16.7. The highest BCUT2D eigenvalue weighted by Crippen LogP contribution is 2.34. The summed E-state index contributed by atoms with van der Waals surface area (Å²) in [6.45, 7) is 0. The molecule has 2 nitrogen and oxygen atoms in total. The lowest BCUT2D eigenvalue weighted by atomic mass is 9.82. The number of carbonyl (C=O) groups excluding carboxylic acids is 1. The zero-order valence-corrected chi connectivity index (χ0v) is 9.28. The Morgan fingerprint density at radius 2 is 2.00 bits per heavy atom. The molecule has 0 atom stereocenters. The lowest BCUT2D eigenvalue weighted by molar-refractivity contribution is 0.112. The molecule has 2 rings (SSSR count). The molecule has 1 aliphatic carbocycles. The van der Waals surface area contributed by atoms with Gasteiger partial charge in [-0.25, -0.2) is 0 Å². The molecule has 0 radical (unpaired) electrons. The molecule has 1 aromatic rings. The van der Waals surface area contributed by atoms with Gasteiger partial charge in [-0.3, -0.25) is 4.79 Å². The topological polar surface area (TPSA) is 40.9 Å². The van der Waals surface area contributed by atoms with Crippen LogP contribution in [0.5, 0.6) is 0 Å². The standard InChI is InChI=1S/C14H15NO/c15-9-13-7-6-11(10-16)8-14(13)12-4-2-1-3-5-12/h6-8,10,12H,1-5H2. The Kier molecular flexibility index (Phi) is 3.36. The van der Waals surface area contributed by atoms with Gasteiger partial charge in [0.2, 0.25) is 0 Å². The van der Waals surface area contributed by atoms with E-state index in [0.29, 0.717) is 11.5 Å². The number of aldehydes is 1. The zero-order chi connectivity index (χ0) is 11.4. The van der Waals surface area contributed by atoms with Crippen LogP contribution >= 0.6 is 0 Å². The minimum absolute atomic E-state index is 0.475. The highest BCUT2D eigenvalue weighted by molar-refractivity contribution is 5.75. The Morgan fingerprint density at radius 1 is 1.25 bits per heavy atom. The summed E-state index contributed by atoms with van der Waals surface area (Å²) in [4.78, 5) is 10.8. The van der Waals surface area contributed by atoms with Gasteiger partial charge in [0.15, 0.2) is 0 Å². The summed E-state index contributed by atoms with van der Waals surface area (Å²) in [5.41, 5.74) is 2.49. The summed E-state index contributed by atoms with van der Waals surface area (Å²) in [7, 11) is 0. The number of rotatable bonds is 2. The van der Waals surface area contributed by atoms with E-state index in [4.69, 9.17) is 5.26 Å². The van der Waals surface area contributed by atoms with Gasteiger partial charge in [-0.15, -0.1) is 0 Å². The maximum absolute atomic E-state index is 10.8. The third-order valence-corrected chi connectivity index (χ3v) is 3.38. The van der Waals surface area contributed by atoms with Crippen molar-refractivity contribution in [1.82, 2.24) is 0 Å². The summed E-state index contributed by atoms with van der Waals surface area (Å²) in [5.74, 6) is 0.475. The van der Waals surface area contributed by atoms with Gasteiger partial charge in [0.05, 0.1) is 11.6 Å². The van der Waals surface area contributed by atoms with Crippen molar-refractivity contribution in [2.24, 2.45) is 0 Å². The Hall–Kier alpha value is -1.62. The smallest absolute Gasteiger partial charge is 0.150 e. The second-order valence-electron chi connectivity index (χ2n) is 4.41. The molecule has 0 spiro atoms. The van der Waals surface area contributed by atoms with Crippen LogP contribution in [0.1, 0.15) is 59.5 Å². The van der Waals surface area contributed by atoms with Gasteiger partial charge < -0.3 is 0 Å². The lowest BCUT2D eigenvalue weighted by Gasteiger charge is -2.23. The van der Waals surface area contributed by atoms with Gasteiger partial charge in [0.25, 0.3) is 0 Å². The molecule has 0 aromatic heterocycles. The summed E-state index contributed by atoms with van der Waals surface area (Å²) in [6.07, 6.45) is 6.93. The van der Waals surface area contributed by atoms with E-state index in [2.05, 4.69) is 6.07 Å². The van der Waals surface area contributed by atoms with Crippen LogP contribution in [0, 0.1) is 11.3 Å². The molecular weight excluding hydrogens is 198 g/mol. The Balaban J connectivity index is 2.36. The van der Waals surface area contributed by atoms with Crippen LogP contribution in [0.15, 0.2) is 18.2 Å². The van der Waals surface area contributed by atoms with Crippen molar-refractivity contribution in [3.05, 3.63) is 34.9 Å². The molecule has 16 heavy (non-hydrogen) atoms. The van der Waals surface area contributed by atoms with E-state index >= 15 is 0 Å². The summed E-state index contributed by atoms with van der Waals surface area (Å²) in [6, 6.07) is 7.61. The molecule has 0 unspecified atom stereocenters. The Bertz CT molecular complexity index is 425. The molecule has 0 saturated heterocycles. The Morgan fingerprint density at radius 3 is 2.62 bits per heavy atom. The first-order valence-electron chi connectivity index (χ1n) is 5.84. The maximum atomic E-state index is 10.8. The summed E-state index contributed by atoms with van der Waals surface area (Å²) in [5, 5.41) is 9.07. The molecular formula is C14H15NO. The molecule has 0 N–H and O–H groups in total. The van der Waals surface area contributed by atoms with Crippen molar-refractivity contribution in [2.45, 2.75) is 38.0 Å². The summed E-state index contributed by atoms with van der Waals surface area (Å²) >= 11 is 0. The number of carbonyl (C=O) groups is 1. The van der Waals surface area contributed by atoms with Crippen molar-refractivity contribution >= 4 is 6.29 Å². The van der Waals surface area contributed by atoms with E-state index < -0.39 is 0 Å². The van der Waals surface area contributed by atoms with Crippen molar-refractivity contribution in [3.8, 4) is 6.07 Å². The molecule has 0 aliphatic heterocycles. The summed E-state index contributed by atoms with van der Waals surface area (Å²) < 4.78 is 0. The van der Waals surface area contributed by atoms with Gasteiger partial charge in [-0.2, -0.15) is 5.26 Å². The second kappa shape index (κ2) is 4.94. The van der Waals surface area contributed by atoms with Gasteiger partial charge in [0.1, 0.15) is 6.29 Å². The molecule has 1 fully saturated rings. The van der Waals surface area contributed by atoms with Crippen LogP contribution in [-0.2, 0) is 0 Å². The number of hydrogen-bond donors (Lipinski definition) is 0. The molecule has 0 bridgehead atoms. The average molecular weight is 213 g/mol. The van der Waals surface area contributed by atoms with Crippen LogP contribution in [0.4, 0.5) is 0 Å². The van der Waals surface area contributed by atoms with Crippen molar-refractivity contribution in [2.75, 3.05) is 0 Å². The highest BCUT2D eigenvalue weighted by atomic mass is 16.1. The van der Waals surface area contributed by atoms with E-state index in [0.717, 1.165) is 30.3 Å². The van der Waals surface area contributed by atoms with E-state index in [1.807, 2.05) is 6.07 Å². The predicted octanol–water partition coefficient (Wildman–Crippen LogP) is 3.42. The predicted molar refractivity (Wildman–Crippen MR) is 62.4 cm³/mol. The average Bonchev–Trinajstić information content (AvgIpc) is 2.39. The second-order valence-corrected chi connectivity index (χ2v) is 4.41. The Labute approximate surface area is 95.9 Å². The third-order valence-electron chi connectivity index (χ3n) is 3.38. The number of hydrogen-bond acceptors (Lipinski definition) is 2. The molecule has 1 saturated carbocycles. The first kappa shape index (κ1) is 10.9. The number of nitriles is 1.